The third-order valence-corrected chi connectivity index (χ3v) is 4.04. The van der Waals surface area contributed by atoms with Gasteiger partial charge in [0.1, 0.15) is 0 Å². The summed E-state index contributed by atoms with van der Waals surface area (Å²) in [6, 6.07) is 5.68. The Kier molecular flexibility index (Phi) is 13.6. The maximum atomic E-state index is 11.6. The highest BCUT2D eigenvalue weighted by atomic mass is 16.5. The maximum absolute atomic E-state index is 11.6. The number of benzene rings is 1. The molecule has 0 aliphatic carbocycles. The second-order valence-electron chi connectivity index (χ2n) is 8.43. The zero-order chi connectivity index (χ0) is 23.9. The molecule has 0 spiro atoms. The molecule has 0 atom stereocenters. The first-order valence-corrected chi connectivity index (χ1v) is 10.4. The lowest BCUT2D eigenvalue weighted by Crippen LogP contribution is -2.18. The van der Waals surface area contributed by atoms with Gasteiger partial charge in [-0.3, -0.25) is 9.59 Å². The fourth-order valence-electron chi connectivity index (χ4n) is 2.37. The zero-order valence-corrected chi connectivity index (χ0v) is 18.6. The van der Waals surface area contributed by atoms with Gasteiger partial charge in [-0.15, -0.1) is 0 Å². The average molecular weight is 439 g/mol. The van der Waals surface area contributed by atoms with E-state index in [4.69, 9.17) is 20.1 Å². The standard InChI is InChI=1S/C13H16O4.C10H18O4/c1-13(2,3)8-17-12(16)10-6-4-9(5-7-10)11(14)15;11-9(12)7-5-3-1-2-4-6-8-10(13)14/h4-7H,8H2,1-3H3,(H,14,15);1-8H2,(H,11,12)(H,13,14). The molecule has 174 valence electrons. The maximum Gasteiger partial charge on any atom is 0.338 e. The van der Waals surface area contributed by atoms with Crippen molar-refractivity contribution < 1.29 is 39.2 Å². The summed E-state index contributed by atoms with van der Waals surface area (Å²) in [6.45, 7) is 6.22. The van der Waals surface area contributed by atoms with Crippen LogP contribution in [0.2, 0.25) is 0 Å². The molecule has 8 heteroatoms. The van der Waals surface area contributed by atoms with Gasteiger partial charge in [-0.05, 0) is 42.5 Å². The quantitative estimate of drug-likeness (QED) is 0.310. The van der Waals surface area contributed by atoms with Gasteiger partial charge in [0.15, 0.2) is 0 Å². The molecule has 3 N–H and O–H groups in total. The molecular weight excluding hydrogens is 404 g/mol. The smallest absolute Gasteiger partial charge is 0.338 e. The summed E-state index contributed by atoms with van der Waals surface area (Å²) in [4.78, 5) is 42.5. The lowest BCUT2D eigenvalue weighted by Gasteiger charge is -2.17. The van der Waals surface area contributed by atoms with Crippen molar-refractivity contribution in [2.75, 3.05) is 6.61 Å². The molecule has 0 saturated carbocycles. The average Bonchev–Trinajstić information content (AvgIpc) is 2.67. The Labute approximate surface area is 183 Å². The molecule has 0 saturated heterocycles. The van der Waals surface area contributed by atoms with Gasteiger partial charge in [0, 0.05) is 12.8 Å². The number of hydrogen-bond donors (Lipinski definition) is 3. The molecule has 0 amide bonds. The first kappa shape index (κ1) is 28.1. The minimum atomic E-state index is -1.01. The predicted octanol–water partition coefficient (Wildman–Crippen LogP) is 4.86. The fourth-order valence-corrected chi connectivity index (χ4v) is 2.37. The van der Waals surface area contributed by atoms with Crippen molar-refractivity contribution >= 4 is 23.9 Å². The highest BCUT2D eigenvalue weighted by Crippen LogP contribution is 2.14. The third-order valence-electron chi connectivity index (χ3n) is 4.04. The van der Waals surface area contributed by atoms with Gasteiger partial charge in [0.25, 0.3) is 0 Å². The van der Waals surface area contributed by atoms with Crippen molar-refractivity contribution in [2.45, 2.75) is 72.1 Å². The normalized spacial score (nSPS) is 10.5. The summed E-state index contributed by atoms with van der Waals surface area (Å²) in [5.74, 6) is -2.93. The number of aromatic carboxylic acids is 1. The van der Waals surface area contributed by atoms with Gasteiger partial charge in [0.2, 0.25) is 0 Å². The second kappa shape index (κ2) is 15.0. The summed E-state index contributed by atoms with van der Waals surface area (Å²) in [5, 5.41) is 25.4. The SMILES string of the molecule is CC(C)(C)COC(=O)c1ccc(C(=O)O)cc1.O=C(O)CCCCCCCCC(=O)O. The highest BCUT2D eigenvalue weighted by Gasteiger charge is 2.15. The molecule has 0 aromatic heterocycles. The first-order chi connectivity index (χ1) is 14.4. The Morgan fingerprint density at radius 2 is 1.10 bits per heavy atom. The number of rotatable bonds is 12. The number of carbonyl (C=O) groups excluding carboxylic acids is 1. The van der Waals surface area contributed by atoms with Crippen LogP contribution in [0.3, 0.4) is 0 Å². The summed E-state index contributed by atoms with van der Waals surface area (Å²) in [5.41, 5.74) is 0.424. The van der Waals surface area contributed by atoms with Gasteiger partial charge < -0.3 is 20.1 Å². The van der Waals surface area contributed by atoms with E-state index in [0.29, 0.717) is 12.2 Å². The van der Waals surface area contributed by atoms with E-state index in [2.05, 4.69) is 0 Å². The molecule has 0 bridgehead atoms. The Morgan fingerprint density at radius 3 is 1.45 bits per heavy atom. The van der Waals surface area contributed by atoms with Gasteiger partial charge >= 0.3 is 23.9 Å². The molecule has 0 heterocycles. The van der Waals surface area contributed by atoms with Crippen LogP contribution in [0.25, 0.3) is 0 Å². The van der Waals surface area contributed by atoms with Crippen molar-refractivity contribution in [1.82, 2.24) is 0 Å². The summed E-state index contributed by atoms with van der Waals surface area (Å²) < 4.78 is 5.11. The van der Waals surface area contributed by atoms with Crippen LogP contribution < -0.4 is 0 Å². The molecular formula is C23H34O8. The summed E-state index contributed by atoms with van der Waals surface area (Å²) in [6.07, 6.45) is 5.82. The number of esters is 1. The van der Waals surface area contributed by atoms with E-state index in [1.807, 2.05) is 20.8 Å². The van der Waals surface area contributed by atoms with Crippen LogP contribution >= 0.6 is 0 Å². The van der Waals surface area contributed by atoms with Crippen molar-refractivity contribution in [3.63, 3.8) is 0 Å². The van der Waals surface area contributed by atoms with Crippen LogP contribution in [-0.2, 0) is 14.3 Å². The first-order valence-electron chi connectivity index (χ1n) is 10.4. The van der Waals surface area contributed by atoms with Crippen LogP contribution in [0.15, 0.2) is 24.3 Å². The van der Waals surface area contributed by atoms with E-state index in [1.165, 1.54) is 24.3 Å². The van der Waals surface area contributed by atoms with Crippen molar-refractivity contribution in [1.29, 1.82) is 0 Å². The number of aliphatic carboxylic acids is 2. The molecule has 1 rings (SSSR count). The van der Waals surface area contributed by atoms with Crippen molar-refractivity contribution in [3.05, 3.63) is 35.4 Å². The Hall–Kier alpha value is -2.90. The topological polar surface area (TPSA) is 138 Å². The summed E-state index contributed by atoms with van der Waals surface area (Å²) in [7, 11) is 0. The molecule has 0 aliphatic heterocycles. The third kappa shape index (κ3) is 16.6. The van der Waals surface area contributed by atoms with Gasteiger partial charge in [-0.1, -0.05) is 46.5 Å². The number of hydrogen-bond acceptors (Lipinski definition) is 5. The largest absolute Gasteiger partial charge is 0.481 e. The summed E-state index contributed by atoms with van der Waals surface area (Å²) >= 11 is 0. The minimum Gasteiger partial charge on any atom is -0.481 e. The minimum absolute atomic E-state index is 0.0866. The lowest BCUT2D eigenvalue weighted by atomic mass is 9.99. The fraction of sp³-hybridized carbons (Fsp3) is 0.565. The number of carboxylic acid groups (broad SMARTS) is 3. The molecule has 0 unspecified atom stereocenters. The molecule has 1 aromatic rings. The van der Waals surface area contributed by atoms with Gasteiger partial charge in [0.05, 0.1) is 17.7 Å². The molecule has 0 radical (unpaired) electrons. The molecule has 1 aromatic carbocycles. The number of carboxylic acids is 3. The van der Waals surface area contributed by atoms with Crippen LogP contribution in [-0.4, -0.2) is 45.8 Å². The van der Waals surface area contributed by atoms with Crippen molar-refractivity contribution in [3.8, 4) is 0 Å². The van der Waals surface area contributed by atoms with E-state index in [9.17, 15) is 19.2 Å². The monoisotopic (exact) mass is 438 g/mol. The molecule has 0 aliphatic rings. The van der Waals surface area contributed by atoms with Gasteiger partial charge in [-0.2, -0.15) is 0 Å². The highest BCUT2D eigenvalue weighted by molar-refractivity contribution is 5.92. The Bertz CT molecular complexity index is 681. The van der Waals surface area contributed by atoms with E-state index < -0.39 is 23.9 Å². The Morgan fingerprint density at radius 1 is 0.710 bits per heavy atom. The number of ether oxygens (including phenoxy) is 1. The second-order valence-corrected chi connectivity index (χ2v) is 8.43. The van der Waals surface area contributed by atoms with Crippen molar-refractivity contribution in [2.24, 2.45) is 5.41 Å². The number of unbranched alkanes of at least 4 members (excludes halogenated alkanes) is 5. The molecule has 0 fully saturated rings. The van der Waals surface area contributed by atoms with E-state index in [-0.39, 0.29) is 23.8 Å². The molecule has 8 nitrogen and oxygen atoms in total. The van der Waals surface area contributed by atoms with E-state index in [0.717, 1.165) is 38.5 Å². The van der Waals surface area contributed by atoms with Crippen LogP contribution in [0.4, 0.5) is 0 Å². The van der Waals surface area contributed by atoms with Crippen LogP contribution in [0.1, 0.15) is 92.9 Å². The van der Waals surface area contributed by atoms with Crippen LogP contribution in [0.5, 0.6) is 0 Å². The molecule has 31 heavy (non-hydrogen) atoms. The lowest BCUT2D eigenvalue weighted by molar-refractivity contribution is -0.138. The predicted molar refractivity (Wildman–Crippen MR) is 115 cm³/mol. The number of carbonyl (C=O) groups is 4. The van der Waals surface area contributed by atoms with E-state index >= 15 is 0 Å². The zero-order valence-electron chi connectivity index (χ0n) is 18.6. The Balaban J connectivity index is 0.000000594. The van der Waals surface area contributed by atoms with Crippen LogP contribution in [0, 0.1) is 5.41 Å². The van der Waals surface area contributed by atoms with Gasteiger partial charge in [-0.25, -0.2) is 9.59 Å². The van der Waals surface area contributed by atoms with E-state index in [1.54, 1.807) is 0 Å².